The second-order valence-electron chi connectivity index (χ2n) is 8.85. The van der Waals surface area contributed by atoms with Gasteiger partial charge in [-0.15, -0.1) is 0 Å². The minimum atomic E-state index is -0.765. The van der Waals surface area contributed by atoms with Gasteiger partial charge in [0.15, 0.2) is 0 Å². The molecule has 0 saturated carbocycles. The Hall–Kier alpha value is -3.68. The van der Waals surface area contributed by atoms with Gasteiger partial charge in [0.25, 0.3) is 0 Å². The normalized spacial score (nSPS) is 13.0. The van der Waals surface area contributed by atoms with Crippen molar-refractivity contribution in [3.63, 3.8) is 0 Å². The van der Waals surface area contributed by atoms with E-state index in [-0.39, 0.29) is 24.8 Å². The van der Waals surface area contributed by atoms with E-state index in [1.54, 1.807) is 0 Å². The van der Waals surface area contributed by atoms with Crippen LogP contribution in [0.2, 0.25) is 0 Å². The molecule has 0 aliphatic rings. The number of amides is 2. The molecule has 0 aliphatic carbocycles. The molecule has 4 aromatic rings. The molecule has 1 heterocycles. The fraction of sp³-hybridized carbons (Fsp3) is 0.286. The molecule has 0 saturated heterocycles. The second kappa shape index (κ2) is 11.6. The Morgan fingerprint density at radius 3 is 2.51 bits per heavy atom. The van der Waals surface area contributed by atoms with Crippen molar-refractivity contribution in [2.45, 2.75) is 37.8 Å². The van der Waals surface area contributed by atoms with E-state index in [4.69, 9.17) is 5.73 Å². The van der Waals surface area contributed by atoms with E-state index in [0.29, 0.717) is 25.8 Å². The largest absolute Gasteiger partial charge is 0.394 e. The first-order valence-electron chi connectivity index (χ1n) is 12.0. The van der Waals surface area contributed by atoms with E-state index in [1.807, 2.05) is 72.9 Å². The summed E-state index contributed by atoms with van der Waals surface area (Å²) in [4.78, 5) is 29.0. The van der Waals surface area contributed by atoms with Crippen LogP contribution in [0.4, 0.5) is 0 Å². The predicted molar refractivity (Wildman–Crippen MR) is 139 cm³/mol. The molecule has 2 amide bonds. The van der Waals surface area contributed by atoms with Crippen molar-refractivity contribution >= 4 is 33.5 Å². The molecule has 4 rings (SSSR count). The van der Waals surface area contributed by atoms with Crippen LogP contribution < -0.4 is 16.4 Å². The van der Waals surface area contributed by atoms with Gasteiger partial charge in [0.05, 0.1) is 12.6 Å². The van der Waals surface area contributed by atoms with Crippen molar-refractivity contribution < 1.29 is 14.7 Å². The van der Waals surface area contributed by atoms with Crippen molar-refractivity contribution in [3.05, 3.63) is 84.1 Å². The van der Waals surface area contributed by atoms with E-state index in [9.17, 15) is 14.7 Å². The summed E-state index contributed by atoms with van der Waals surface area (Å²) in [6.07, 6.45) is 3.53. The number of benzene rings is 3. The Morgan fingerprint density at radius 2 is 1.71 bits per heavy atom. The third kappa shape index (κ3) is 6.26. The molecular formula is C28H32N4O3. The van der Waals surface area contributed by atoms with Gasteiger partial charge in [-0.1, -0.05) is 60.7 Å². The van der Waals surface area contributed by atoms with Crippen LogP contribution in [0.15, 0.2) is 72.9 Å². The van der Waals surface area contributed by atoms with Gasteiger partial charge in [0.1, 0.15) is 6.04 Å². The lowest BCUT2D eigenvalue weighted by molar-refractivity contribution is -0.129. The van der Waals surface area contributed by atoms with Gasteiger partial charge in [0, 0.05) is 29.9 Å². The standard InChI is InChI=1S/C28H32N4O3/c29-13-5-10-27(34)32-26(15-19-11-12-20-6-1-2-7-21(20)14-19)28(35)31-23(18-33)16-22-17-30-25-9-4-3-8-24(22)25/h1-4,6-9,11-12,14,17,23,26,30,33H,5,10,13,15-16,18,29H2,(H,31,35)(H,32,34)/t23-,26-/m1/s1. The average Bonchev–Trinajstić information content (AvgIpc) is 3.29. The van der Waals surface area contributed by atoms with Crippen molar-refractivity contribution in [1.82, 2.24) is 15.6 Å². The van der Waals surface area contributed by atoms with Crippen LogP contribution in [-0.4, -0.2) is 47.1 Å². The second-order valence-corrected chi connectivity index (χ2v) is 8.85. The lowest BCUT2D eigenvalue weighted by Crippen LogP contribution is -2.52. The number of nitrogens with one attached hydrogen (secondary N) is 3. The molecule has 0 radical (unpaired) electrons. The minimum Gasteiger partial charge on any atom is -0.394 e. The number of rotatable bonds is 11. The molecule has 35 heavy (non-hydrogen) atoms. The highest BCUT2D eigenvalue weighted by Crippen LogP contribution is 2.20. The fourth-order valence-corrected chi connectivity index (χ4v) is 4.37. The topological polar surface area (TPSA) is 120 Å². The summed E-state index contributed by atoms with van der Waals surface area (Å²) in [5, 5.41) is 19.1. The zero-order valence-electron chi connectivity index (χ0n) is 19.7. The van der Waals surface area contributed by atoms with Gasteiger partial charge >= 0.3 is 0 Å². The summed E-state index contributed by atoms with van der Waals surface area (Å²) < 4.78 is 0. The van der Waals surface area contributed by atoms with Crippen LogP contribution in [0.5, 0.6) is 0 Å². The van der Waals surface area contributed by atoms with Crippen LogP contribution >= 0.6 is 0 Å². The zero-order chi connectivity index (χ0) is 24.6. The fourth-order valence-electron chi connectivity index (χ4n) is 4.37. The predicted octanol–water partition coefficient (Wildman–Crippen LogP) is 2.81. The van der Waals surface area contributed by atoms with Gasteiger partial charge in [-0.3, -0.25) is 9.59 Å². The third-order valence-corrected chi connectivity index (χ3v) is 6.22. The van der Waals surface area contributed by atoms with Crippen molar-refractivity contribution in [2.24, 2.45) is 5.73 Å². The number of hydrogen-bond acceptors (Lipinski definition) is 4. The molecule has 182 valence electrons. The summed E-state index contributed by atoms with van der Waals surface area (Å²) in [5.74, 6) is -0.535. The Balaban J connectivity index is 1.50. The van der Waals surface area contributed by atoms with Gasteiger partial charge in [0.2, 0.25) is 11.8 Å². The number of nitrogens with two attached hydrogens (primary N) is 1. The molecular weight excluding hydrogens is 440 g/mol. The van der Waals surface area contributed by atoms with Crippen molar-refractivity contribution in [1.29, 1.82) is 0 Å². The number of aliphatic hydroxyl groups excluding tert-OH is 1. The average molecular weight is 473 g/mol. The highest BCUT2D eigenvalue weighted by atomic mass is 16.3. The van der Waals surface area contributed by atoms with Crippen LogP contribution in [-0.2, 0) is 22.4 Å². The molecule has 0 unspecified atom stereocenters. The SMILES string of the molecule is NCCCC(=O)N[C@H](Cc1ccc2ccccc2c1)C(=O)N[C@@H](CO)Cc1c[nH]c2ccccc12. The lowest BCUT2D eigenvalue weighted by atomic mass is 10.00. The smallest absolute Gasteiger partial charge is 0.243 e. The maximum atomic E-state index is 13.3. The van der Waals surface area contributed by atoms with Gasteiger partial charge in [-0.2, -0.15) is 0 Å². The summed E-state index contributed by atoms with van der Waals surface area (Å²) in [6.45, 7) is 0.196. The van der Waals surface area contributed by atoms with E-state index in [1.165, 1.54) is 0 Å². The first-order valence-corrected chi connectivity index (χ1v) is 12.0. The monoisotopic (exact) mass is 472 g/mol. The van der Waals surface area contributed by atoms with Gasteiger partial charge in [-0.05, 0) is 47.4 Å². The van der Waals surface area contributed by atoms with E-state index >= 15 is 0 Å². The number of aromatic amines is 1. The quantitative estimate of drug-likeness (QED) is 0.231. The maximum absolute atomic E-state index is 13.3. The first-order chi connectivity index (χ1) is 17.1. The number of hydrogen-bond donors (Lipinski definition) is 5. The van der Waals surface area contributed by atoms with Crippen LogP contribution in [0.3, 0.4) is 0 Å². The molecule has 7 heteroatoms. The van der Waals surface area contributed by atoms with E-state index in [0.717, 1.165) is 32.8 Å². The number of carbonyl (C=O) groups is 2. The number of para-hydroxylation sites is 1. The molecule has 0 bridgehead atoms. The number of fused-ring (bicyclic) bond motifs is 2. The van der Waals surface area contributed by atoms with Crippen LogP contribution in [0.25, 0.3) is 21.7 Å². The summed E-state index contributed by atoms with van der Waals surface area (Å²) in [6, 6.07) is 20.7. The van der Waals surface area contributed by atoms with E-state index in [2.05, 4.69) is 15.6 Å². The Labute approximate surface area is 204 Å². The zero-order valence-corrected chi connectivity index (χ0v) is 19.7. The lowest BCUT2D eigenvalue weighted by Gasteiger charge is -2.23. The molecule has 3 aromatic carbocycles. The number of carbonyl (C=O) groups excluding carboxylic acids is 2. The Kier molecular flexibility index (Phi) is 8.13. The summed E-state index contributed by atoms with van der Waals surface area (Å²) >= 11 is 0. The molecule has 2 atom stereocenters. The number of aliphatic hydroxyl groups is 1. The third-order valence-electron chi connectivity index (χ3n) is 6.22. The highest BCUT2D eigenvalue weighted by Gasteiger charge is 2.24. The number of H-pyrrole nitrogens is 1. The minimum absolute atomic E-state index is 0.213. The van der Waals surface area contributed by atoms with Crippen LogP contribution in [0, 0.1) is 0 Å². The van der Waals surface area contributed by atoms with Crippen molar-refractivity contribution in [3.8, 4) is 0 Å². The molecule has 0 fully saturated rings. The molecule has 6 N–H and O–H groups in total. The summed E-state index contributed by atoms with van der Waals surface area (Å²) in [5.41, 5.74) is 8.50. The van der Waals surface area contributed by atoms with Crippen molar-refractivity contribution in [2.75, 3.05) is 13.2 Å². The van der Waals surface area contributed by atoms with Gasteiger partial charge < -0.3 is 26.5 Å². The maximum Gasteiger partial charge on any atom is 0.243 e. The molecule has 0 spiro atoms. The highest BCUT2D eigenvalue weighted by molar-refractivity contribution is 5.89. The van der Waals surface area contributed by atoms with Crippen LogP contribution in [0.1, 0.15) is 24.0 Å². The molecule has 7 nitrogen and oxygen atoms in total. The molecule has 0 aliphatic heterocycles. The first kappa shape index (κ1) is 24.4. The van der Waals surface area contributed by atoms with E-state index < -0.39 is 12.1 Å². The van der Waals surface area contributed by atoms with Gasteiger partial charge in [-0.25, -0.2) is 0 Å². The Bertz CT molecular complexity index is 1300. The number of aromatic nitrogens is 1. The summed E-state index contributed by atoms with van der Waals surface area (Å²) in [7, 11) is 0. The Morgan fingerprint density at radius 1 is 0.943 bits per heavy atom. The molecule has 1 aromatic heterocycles.